The van der Waals surface area contributed by atoms with Gasteiger partial charge in [0.2, 0.25) is 15.9 Å². The number of sulfonamides is 1. The first-order valence-electron chi connectivity index (χ1n) is 7.32. The topological polar surface area (TPSA) is 101 Å². The molecule has 0 bridgehead atoms. The third-order valence-corrected chi connectivity index (χ3v) is 4.71. The van der Waals surface area contributed by atoms with E-state index in [4.69, 9.17) is 5.73 Å². The quantitative estimate of drug-likeness (QED) is 0.693. The van der Waals surface area contributed by atoms with Gasteiger partial charge >= 0.3 is 0 Å². The summed E-state index contributed by atoms with van der Waals surface area (Å²) in [5.74, 6) is -0.247. The average molecular weight is 364 g/mol. The maximum absolute atomic E-state index is 12.1. The lowest BCUT2D eigenvalue weighted by Crippen LogP contribution is -2.48. The zero-order chi connectivity index (χ0) is 17.0. The van der Waals surface area contributed by atoms with Gasteiger partial charge in [-0.2, -0.15) is 0 Å². The molecule has 0 spiro atoms. The summed E-state index contributed by atoms with van der Waals surface area (Å²) in [5, 5.41) is 2.77. The summed E-state index contributed by atoms with van der Waals surface area (Å²) >= 11 is 0. The molecular formula is C15H26ClN3O3S. The van der Waals surface area contributed by atoms with Crippen molar-refractivity contribution in [3.05, 3.63) is 23.8 Å². The standard InChI is InChI=1S/C15H25N3O3S.ClH/c1-5-9-15(4,16)14(19)17-12-7-8-13(11(3)10-12)18-22(20,21)6-2;/h7-8,10,18H,5-6,9,16H2,1-4H3,(H,17,19);1H. The van der Waals surface area contributed by atoms with Crippen molar-refractivity contribution in [1.82, 2.24) is 0 Å². The molecule has 0 saturated heterocycles. The lowest BCUT2D eigenvalue weighted by atomic mass is 9.96. The predicted molar refractivity (Wildman–Crippen MR) is 97.6 cm³/mol. The van der Waals surface area contributed by atoms with Crippen LogP contribution in [-0.2, 0) is 14.8 Å². The van der Waals surface area contributed by atoms with Crippen molar-refractivity contribution in [2.45, 2.75) is 46.1 Å². The van der Waals surface area contributed by atoms with Gasteiger partial charge in [0.15, 0.2) is 0 Å². The molecule has 8 heteroatoms. The number of halogens is 1. The van der Waals surface area contributed by atoms with Crippen LogP contribution in [0.15, 0.2) is 18.2 Å². The largest absolute Gasteiger partial charge is 0.324 e. The van der Waals surface area contributed by atoms with Crippen molar-refractivity contribution in [3.63, 3.8) is 0 Å². The van der Waals surface area contributed by atoms with E-state index in [1.807, 2.05) is 6.92 Å². The lowest BCUT2D eigenvalue weighted by Gasteiger charge is -2.23. The molecule has 23 heavy (non-hydrogen) atoms. The zero-order valence-electron chi connectivity index (χ0n) is 14.0. The number of benzene rings is 1. The third kappa shape index (κ3) is 6.37. The van der Waals surface area contributed by atoms with E-state index >= 15 is 0 Å². The third-order valence-electron chi connectivity index (χ3n) is 3.42. The summed E-state index contributed by atoms with van der Waals surface area (Å²) in [7, 11) is -3.32. The molecule has 1 amide bonds. The fourth-order valence-electron chi connectivity index (χ4n) is 2.00. The normalized spacial score (nSPS) is 13.6. The van der Waals surface area contributed by atoms with Gasteiger partial charge in [-0.25, -0.2) is 8.42 Å². The molecule has 0 aromatic heterocycles. The Hall–Kier alpha value is -1.31. The highest BCUT2D eigenvalue weighted by molar-refractivity contribution is 7.92. The molecule has 132 valence electrons. The second-order valence-corrected chi connectivity index (χ2v) is 7.67. The van der Waals surface area contributed by atoms with Crippen molar-refractivity contribution in [2.75, 3.05) is 15.8 Å². The van der Waals surface area contributed by atoms with Gasteiger partial charge in [-0.15, -0.1) is 12.4 Å². The van der Waals surface area contributed by atoms with Crippen molar-refractivity contribution < 1.29 is 13.2 Å². The molecule has 0 radical (unpaired) electrons. The summed E-state index contributed by atoms with van der Waals surface area (Å²) in [6, 6.07) is 5.00. The molecule has 0 fully saturated rings. The lowest BCUT2D eigenvalue weighted by molar-refractivity contribution is -0.120. The van der Waals surface area contributed by atoms with E-state index in [2.05, 4.69) is 10.0 Å². The van der Waals surface area contributed by atoms with Crippen LogP contribution in [-0.4, -0.2) is 25.6 Å². The molecule has 6 nitrogen and oxygen atoms in total. The van der Waals surface area contributed by atoms with E-state index in [0.29, 0.717) is 17.8 Å². The molecule has 1 unspecified atom stereocenters. The minimum atomic E-state index is -3.32. The minimum absolute atomic E-state index is 0. The first kappa shape index (κ1) is 21.7. The molecule has 1 aromatic carbocycles. The summed E-state index contributed by atoms with van der Waals surface area (Å²) in [6.07, 6.45) is 1.41. The van der Waals surface area contributed by atoms with Crippen LogP contribution in [0.25, 0.3) is 0 Å². The number of carbonyl (C=O) groups excluding carboxylic acids is 1. The highest BCUT2D eigenvalue weighted by Gasteiger charge is 2.27. The van der Waals surface area contributed by atoms with Crippen molar-refractivity contribution in [1.29, 1.82) is 0 Å². The van der Waals surface area contributed by atoms with E-state index in [1.165, 1.54) is 0 Å². The number of anilines is 2. The van der Waals surface area contributed by atoms with Crippen LogP contribution < -0.4 is 15.8 Å². The molecule has 1 atom stereocenters. The van der Waals surface area contributed by atoms with Crippen LogP contribution >= 0.6 is 12.4 Å². The smallest absolute Gasteiger partial charge is 0.244 e. The molecule has 0 heterocycles. The maximum Gasteiger partial charge on any atom is 0.244 e. The molecule has 0 aliphatic carbocycles. The Morgan fingerprint density at radius 1 is 1.30 bits per heavy atom. The predicted octanol–water partition coefficient (Wildman–Crippen LogP) is 2.63. The van der Waals surface area contributed by atoms with E-state index in [0.717, 1.165) is 12.0 Å². The highest BCUT2D eigenvalue weighted by Crippen LogP contribution is 2.22. The van der Waals surface area contributed by atoms with E-state index in [-0.39, 0.29) is 24.1 Å². The van der Waals surface area contributed by atoms with Crippen molar-refractivity contribution in [2.24, 2.45) is 5.73 Å². The number of aryl methyl sites for hydroxylation is 1. The maximum atomic E-state index is 12.1. The first-order chi connectivity index (χ1) is 10.1. The van der Waals surface area contributed by atoms with Crippen LogP contribution in [0.2, 0.25) is 0 Å². The molecule has 0 aliphatic rings. The van der Waals surface area contributed by atoms with Gasteiger partial charge in [0.25, 0.3) is 0 Å². The van der Waals surface area contributed by atoms with Crippen molar-refractivity contribution >= 4 is 39.7 Å². The Labute approximate surface area is 144 Å². The number of nitrogens with one attached hydrogen (secondary N) is 2. The van der Waals surface area contributed by atoms with Gasteiger partial charge < -0.3 is 11.1 Å². The van der Waals surface area contributed by atoms with Crippen LogP contribution in [0.4, 0.5) is 11.4 Å². The summed E-state index contributed by atoms with van der Waals surface area (Å²) < 4.78 is 25.7. The summed E-state index contributed by atoms with van der Waals surface area (Å²) in [6.45, 7) is 7.01. The highest BCUT2D eigenvalue weighted by atomic mass is 35.5. The molecule has 1 rings (SSSR count). The summed E-state index contributed by atoms with van der Waals surface area (Å²) in [4.78, 5) is 12.1. The van der Waals surface area contributed by atoms with Gasteiger partial charge in [0.05, 0.1) is 17.0 Å². The van der Waals surface area contributed by atoms with Gasteiger partial charge in [0, 0.05) is 5.69 Å². The molecule has 1 aromatic rings. The van der Waals surface area contributed by atoms with Gasteiger partial charge in [-0.05, 0) is 51.0 Å². The average Bonchev–Trinajstić information content (AvgIpc) is 2.41. The molecular weight excluding hydrogens is 338 g/mol. The number of nitrogens with two attached hydrogens (primary N) is 1. The van der Waals surface area contributed by atoms with Crippen LogP contribution in [0.5, 0.6) is 0 Å². The van der Waals surface area contributed by atoms with E-state index in [9.17, 15) is 13.2 Å². The van der Waals surface area contributed by atoms with Gasteiger partial charge in [-0.1, -0.05) is 13.3 Å². The van der Waals surface area contributed by atoms with Crippen LogP contribution in [0.1, 0.15) is 39.2 Å². The molecule has 4 N–H and O–H groups in total. The molecule has 0 aliphatic heterocycles. The number of carbonyl (C=O) groups is 1. The Morgan fingerprint density at radius 2 is 1.91 bits per heavy atom. The zero-order valence-corrected chi connectivity index (χ0v) is 15.6. The Morgan fingerprint density at radius 3 is 2.39 bits per heavy atom. The fourth-order valence-corrected chi connectivity index (χ4v) is 2.71. The monoisotopic (exact) mass is 363 g/mol. The number of amides is 1. The SMILES string of the molecule is CCCC(C)(N)C(=O)Nc1ccc(NS(=O)(=O)CC)c(C)c1.Cl. The number of rotatable bonds is 7. The first-order valence-corrected chi connectivity index (χ1v) is 8.98. The van der Waals surface area contributed by atoms with Gasteiger partial charge in [-0.3, -0.25) is 9.52 Å². The second kappa shape index (κ2) is 8.52. The van der Waals surface area contributed by atoms with Gasteiger partial charge in [0.1, 0.15) is 0 Å². The fraction of sp³-hybridized carbons (Fsp3) is 0.533. The Bertz CT molecular complexity index is 645. The number of hydrogen-bond donors (Lipinski definition) is 3. The molecule has 0 saturated carbocycles. The van der Waals surface area contributed by atoms with Crippen molar-refractivity contribution in [3.8, 4) is 0 Å². The Kier molecular flexibility index (Phi) is 8.03. The second-order valence-electron chi connectivity index (χ2n) is 5.66. The summed E-state index contributed by atoms with van der Waals surface area (Å²) in [5.41, 5.74) is 6.88. The van der Waals surface area contributed by atoms with E-state index < -0.39 is 15.6 Å². The van der Waals surface area contributed by atoms with E-state index in [1.54, 1.807) is 39.0 Å². The van der Waals surface area contributed by atoms with Crippen LogP contribution in [0.3, 0.4) is 0 Å². The van der Waals surface area contributed by atoms with Crippen LogP contribution in [0, 0.1) is 6.92 Å². The minimum Gasteiger partial charge on any atom is -0.324 e. The Balaban J connectivity index is 0.00000484. The number of hydrogen-bond acceptors (Lipinski definition) is 4.